The fourth-order valence-electron chi connectivity index (χ4n) is 1.90. The monoisotopic (exact) mass is 242 g/mol. The number of rotatable bonds is 3. The number of nitrogens with one attached hydrogen (secondary N) is 1. The Bertz CT molecular complexity index is 271. The van der Waals surface area contributed by atoms with Crippen LogP contribution in [-0.2, 0) is 9.53 Å². The summed E-state index contributed by atoms with van der Waals surface area (Å²) in [7, 11) is 1.40. The van der Waals surface area contributed by atoms with E-state index in [2.05, 4.69) is 10.1 Å². The van der Waals surface area contributed by atoms with Gasteiger partial charge >= 0.3 is 6.09 Å². The summed E-state index contributed by atoms with van der Waals surface area (Å²) in [6.07, 6.45) is 1.59. The third kappa shape index (κ3) is 4.24. The third-order valence-corrected chi connectivity index (χ3v) is 3.14. The number of ether oxygens (including phenoxy) is 1. The Kier molecular flexibility index (Phi) is 5.25. The van der Waals surface area contributed by atoms with Crippen LogP contribution in [0.4, 0.5) is 4.79 Å². The molecule has 0 atom stereocenters. The summed E-state index contributed by atoms with van der Waals surface area (Å²) >= 11 is 0. The molecule has 0 aromatic heterocycles. The van der Waals surface area contributed by atoms with E-state index in [1.807, 2.05) is 13.8 Å². The Hall–Kier alpha value is -1.26. The average Bonchev–Trinajstić information content (AvgIpc) is 2.35. The highest BCUT2D eigenvalue weighted by Crippen LogP contribution is 2.16. The van der Waals surface area contributed by atoms with E-state index in [0.717, 1.165) is 25.9 Å². The molecule has 1 aliphatic heterocycles. The fourth-order valence-corrected chi connectivity index (χ4v) is 1.90. The van der Waals surface area contributed by atoms with Gasteiger partial charge in [-0.05, 0) is 18.8 Å². The SMILES string of the molecule is COC(=O)N1CCC(CNC(=O)C(C)C)CC1. The van der Waals surface area contributed by atoms with Crippen LogP contribution in [0.3, 0.4) is 0 Å². The molecule has 0 unspecified atom stereocenters. The lowest BCUT2D eigenvalue weighted by Gasteiger charge is -2.31. The molecule has 17 heavy (non-hydrogen) atoms. The van der Waals surface area contributed by atoms with E-state index in [1.54, 1.807) is 4.90 Å². The molecule has 1 aliphatic rings. The molecule has 0 radical (unpaired) electrons. The Balaban J connectivity index is 2.23. The first-order chi connectivity index (χ1) is 8.04. The molecule has 2 amide bonds. The Morgan fingerprint density at radius 3 is 2.41 bits per heavy atom. The van der Waals surface area contributed by atoms with Crippen molar-refractivity contribution in [1.29, 1.82) is 0 Å². The first-order valence-electron chi connectivity index (χ1n) is 6.15. The molecule has 5 nitrogen and oxygen atoms in total. The fraction of sp³-hybridized carbons (Fsp3) is 0.833. The van der Waals surface area contributed by atoms with Crippen LogP contribution in [0.2, 0.25) is 0 Å². The number of nitrogens with zero attached hydrogens (tertiary/aromatic N) is 1. The lowest BCUT2D eigenvalue weighted by molar-refractivity contribution is -0.124. The summed E-state index contributed by atoms with van der Waals surface area (Å²) in [6.45, 7) is 5.92. The number of amides is 2. The van der Waals surface area contributed by atoms with E-state index in [-0.39, 0.29) is 17.9 Å². The molecule has 0 aromatic rings. The predicted octanol–water partition coefficient (Wildman–Crippen LogP) is 1.24. The largest absolute Gasteiger partial charge is 0.453 e. The van der Waals surface area contributed by atoms with Crippen LogP contribution in [0.15, 0.2) is 0 Å². The molecule has 0 spiro atoms. The highest BCUT2D eigenvalue weighted by Gasteiger charge is 2.23. The van der Waals surface area contributed by atoms with Crippen molar-refractivity contribution in [2.24, 2.45) is 11.8 Å². The van der Waals surface area contributed by atoms with Gasteiger partial charge in [-0.3, -0.25) is 4.79 Å². The maximum atomic E-state index is 11.4. The summed E-state index contributed by atoms with van der Waals surface area (Å²) in [5.74, 6) is 0.601. The quantitative estimate of drug-likeness (QED) is 0.810. The standard InChI is InChI=1S/C12H22N2O3/c1-9(2)11(15)13-8-10-4-6-14(7-5-10)12(16)17-3/h9-10H,4-8H2,1-3H3,(H,13,15). The number of piperidine rings is 1. The van der Waals surface area contributed by atoms with Crippen molar-refractivity contribution in [1.82, 2.24) is 10.2 Å². The number of methoxy groups -OCH3 is 1. The first kappa shape index (κ1) is 13.8. The van der Waals surface area contributed by atoms with Gasteiger partial charge in [0.15, 0.2) is 0 Å². The molecule has 1 N–H and O–H groups in total. The van der Waals surface area contributed by atoms with Gasteiger partial charge in [0.25, 0.3) is 0 Å². The van der Waals surface area contributed by atoms with Crippen LogP contribution < -0.4 is 5.32 Å². The maximum absolute atomic E-state index is 11.4. The normalized spacial score (nSPS) is 17.1. The zero-order valence-corrected chi connectivity index (χ0v) is 10.9. The van der Waals surface area contributed by atoms with E-state index in [4.69, 9.17) is 0 Å². The average molecular weight is 242 g/mol. The van der Waals surface area contributed by atoms with Crippen LogP contribution in [0.5, 0.6) is 0 Å². The summed E-state index contributed by atoms with van der Waals surface area (Å²) in [6, 6.07) is 0. The van der Waals surface area contributed by atoms with Crippen molar-refractivity contribution in [2.45, 2.75) is 26.7 Å². The minimum absolute atomic E-state index is 0.0326. The summed E-state index contributed by atoms with van der Waals surface area (Å²) in [5.41, 5.74) is 0. The van der Waals surface area contributed by atoms with Crippen molar-refractivity contribution in [3.8, 4) is 0 Å². The molecule has 0 bridgehead atoms. The highest BCUT2D eigenvalue weighted by molar-refractivity contribution is 5.77. The van der Waals surface area contributed by atoms with Crippen molar-refractivity contribution in [3.05, 3.63) is 0 Å². The second kappa shape index (κ2) is 6.47. The number of carbonyl (C=O) groups excluding carboxylic acids is 2. The molecule has 1 rings (SSSR count). The van der Waals surface area contributed by atoms with Crippen molar-refractivity contribution >= 4 is 12.0 Å². The molecule has 98 valence electrons. The van der Waals surface area contributed by atoms with Crippen LogP contribution >= 0.6 is 0 Å². The van der Waals surface area contributed by atoms with Crippen LogP contribution in [0.1, 0.15) is 26.7 Å². The van der Waals surface area contributed by atoms with E-state index in [9.17, 15) is 9.59 Å². The molecule has 1 fully saturated rings. The Labute approximate surface area is 102 Å². The van der Waals surface area contributed by atoms with Crippen LogP contribution in [-0.4, -0.2) is 43.6 Å². The molecule has 5 heteroatoms. The van der Waals surface area contributed by atoms with E-state index < -0.39 is 0 Å². The molecule has 0 saturated carbocycles. The molecular weight excluding hydrogens is 220 g/mol. The van der Waals surface area contributed by atoms with E-state index >= 15 is 0 Å². The Morgan fingerprint density at radius 2 is 1.94 bits per heavy atom. The third-order valence-electron chi connectivity index (χ3n) is 3.14. The maximum Gasteiger partial charge on any atom is 0.409 e. The van der Waals surface area contributed by atoms with Crippen molar-refractivity contribution in [3.63, 3.8) is 0 Å². The van der Waals surface area contributed by atoms with Crippen molar-refractivity contribution < 1.29 is 14.3 Å². The zero-order chi connectivity index (χ0) is 12.8. The minimum atomic E-state index is -0.255. The van der Waals surface area contributed by atoms with E-state index in [1.165, 1.54) is 7.11 Å². The molecule has 0 aliphatic carbocycles. The highest BCUT2D eigenvalue weighted by atomic mass is 16.5. The van der Waals surface area contributed by atoms with Crippen molar-refractivity contribution in [2.75, 3.05) is 26.7 Å². The van der Waals surface area contributed by atoms with Gasteiger partial charge in [0.1, 0.15) is 0 Å². The van der Waals surface area contributed by atoms with E-state index in [0.29, 0.717) is 12.5 Å². The predicted molar refractivity (Wildman–Crippen MR) is 64.5 cm³/mol. The molecule has 1 heterocycles. The second-order valence-electron chi connectivity index (χ2n) is 4.80. The van der Waals surface area contributed by atoms with Gasteiger partial charge in [-0.2, -0.15) is 0 Å². The number of hydrogen-bond acceptors (Lipinski definition) is 3. The number of likely N-dealkylation sites (tertiary alicyclic amines) is 1. The first-order valence-corrected chi connectivity index (χ1v) is 6.15. The van der Waals surface area contributed by atoms with Gasteiger partial charge in [-0.15, -0.1) is 0 Å². The minimum Gasteiger partial charge on any atom is -0.453 e. The van der Waals surface area contributed by atoms with Gasteiger partial charge in [0.2, 0.25) is 5.91 Å². The smallest absolute Gasteiger partial charge is 0.409 e. The lowest BCUT2D eigenvalue weighted by atomic mass is 9.97. The molecule has 1 saturated heterocycles. The molecular formula is C12H22N2O3. The Morgan fingerprint density at radius 1 is 1.35 bits per heavy atom. The van der Waals surface area contributed by atoms with Gasteiger partial charge in [-0.25, -0.2) is 4.79 Å². The second-order valence-corrected chi connectivity index (χ2v) is 4.80. The lowest BCUT2D eigenvalue weighted by Crippen LogP contribution is -2.42. The van der Waals surface area contributed by atoms with Gasteiger partial charge in [0, 0.05) is 25.6 Å². The van der Waals surface area contributed by atoms with Crippen LogP contribution in [0.25, 0.3) is 0 Å². The van der Waals surface area contributed by atoms with Gasteiger partial charge in [0.05, 0.1) is 7.11 Å². The van der Waals surface area contributed by atoms with Crippen LogP contribution in [0, 0.1) is 11.8 Å². The van der Waals surface area contributed by atoms with Gasteiger partial charge < -0.3 is 15.0 Å². The summed E-state index contributed by atoms with van der Waals surface area (Å²) < 4.78 is 4.67. The van der Waals surface area contributed by atoms with Gasteiger partial charge in [-0.1, -0.05) is 13.8 Å². The number of carbonyl (C=O) groups is 2. The topological polar surface area (TPSA) is 58.6 Å². The zero-order valence-electron chi connectivity index (χ0n) is 10.9. The molecule has 0 aromatic carbocycles. The number of hydrogen-bond donors (Lipinski definition) is 1. The summed E-state index contributed by atoms with van der Waals surface area (Å²) in [5, 5.41) is 2.94. The summed E-state index contributed by atoms with van der Waals surface area (Å²) in [4.78, 5) is 24.4.